The van der Waals surface area contributed by atoms with E-state index in [0.717, 1.165) is 6.92 Å². The average Bonchev–Trinajstić information content (AvgIpc) is 2.49. The zero-order valence-corrected chi connectivity index (χ0v) is 7.32. The number of carboxylic acids is 1. The third kappa shape index (κ3) is 2.99. The Hall–Kier alpha value is -1.77. The first kappa shape index (κ1) is 9.32. The van der Waals surface area contributed by atoms with Gasteiger partial charge in [-0.15, -0.1) is 0 Å². The van der Waals surface area contributed by atoms with Crippen molar-refractivity contribution in [2.45, 2.75) is 6.92 Å². The van der Waals surface area contributed by atoms with Crippen LogP contribution >= 0.6 is 0 Å². The Labute approximate surface area is 76.0 Å². The molecule has 3 nitrogen and oxygen atoms in total. The smallest absolute Gasteiger partial charge is 0.300 e. The molecule has 0 fully saturated rings. The lowest BCUT2D eigenvalue weighted by Crippen LogP contribution is -1.78. The van der Waals surface area contributed by atoms with E-state index in [1.807, 2.05) is 18.3 Å². The van der Waals surface area contributed by atoms with Crippen LogP contribution in [0.15, 0.2) is 36.5 Å². The molecule has 0 aliphatic carbocycles. The van der Waals surface area contributed by atoms with Crippen molar-refractivity contribution in [2.24, 2.45) is 0 Å². The van der Waals surface area contributed by atoms with Gasteiger partial charge in [-0.05, 0) is 17.5 Å². The maximum Gasteiger partial charge on any atom is 0.300 e. The van der Waals surface area contributed by atoms with Crippen LogP contribution in [0.2, 0.25) is 0 Å². The maximum absolute atomic E-state index is 9.00. The van der Waals surface area contributed by atoms with E-state index in [2.05, 4.69) is 23.2 Å². The van der Waals surface area contributed by atoms with Crippen molar-refractivity contribution in [3.8, 4) is 0 Å². The summed E-state index contributed by atoms with van der Waals surface area (Å²) < 4.78 is 0. The van der Waals surface area contributed by atoms with Crippen LogP contribution in [0.5, 0.6) is 0 Å². The molecule has 0 bridgehead atoms. The quantitative estimate of drug-likeness (QED) is 0.648. The zero-order valence-electron chi connectivity index (χ0n) is 7.32. The van der Waals surface area contributed by atoms with Gasteiger partial charge in [0.2, 0.25) is 0 Å². The standard InChI is InChI=1S/C8H7N.C2H4O2/c1-2-4-8-7(3-1)5-6-9-8;1-2(3)4/h1-6,9H;1H3,(H,3,4). The van der Waals surface area contributed by atoms with E-state index in [4.69, 9.17) is 9.90 Å². The van der Waals surface area contributed by atoms with Gasteiger partial charge in [-0.2, -0.15) is 0 Å². The lowest BCUT2D eigenvalue weighted by Gasteiger charge is -1.83. The van der Waals surface area contributed by atoms with Crippen LogP contribution in [-0.2, 0) is 4.79 Å². The molecule has 0 amide bonds. The van der Waals surface area contributed by atoms with Crippen LogP contribution in [0.1, 0.15) is 6.92 Å². The fourth-order valence-electron chi connectivity index (χ4n) is 0.995. The second-order valence-electron chi connectivity index (χ2n) is 2.58. The molecule has 68 valence electrons. The lowest BCUT2D eigenvalue weighted by atomic mass is 10.3. The third-order valence-electron chi connectivity index (χ3n) is 1.46. The van der Waals surface area contributed by atoms with Crippen molar-refractivity contribution in [3.05, 3.63) is 36.5 Å². The summed E-state index contributed by atoms with van der Waals surface area (Å²) in [6.07, 6.45) is 1.95. The molecule has 0 saturated heterocycles. The van der Waals surface area contributed by atoms with Gasteiger partial charge in [0.1, 0.15) is 0 Å². The number of hydrogen-bond acceptors (Lipinski definition) is 1. The third-order valence-corrected chi connectivity index (χ3v) is 1.46. The highest BCUT2D eigenvalue weighted by molar-refractivity contribution is 5.78. The van der Waals surface area contributed by atoms with Crippen molar-refractivity contribution in [1.82, 2.24) is 4.98 Å². The predicted octanol–water partition coefficient (Wildman–Crippen LogP) is 2.26. The Morgan fingerprint density at radius 3 is 2.54 bits per heavy atom. The summed E-state index contributed by atoms with van der Waals surface area (Å²) in [5, 5.41) is 8.69. The molecule has 1 aromatic carbocycles. The molecule has 1 heterocycles. The highest BCUT2D eigenvalue weighted by Crippen LogP contribution is 2.09. The van der Waals surface area contributed by atoms with Gasteiger partial charge in [-0.3, -0.25) is 4.79 Å². The molecule has 0 spiro atoms. The van der Waals surface area contributed by atoms with Gasteiger partial charge in [0.25, 0.3) is 5.97 Å². The number of aromatic amines is 1. The predicted molar refractivity (Wildman–Crippen MR) is 51.6 cm³/mol. The van der Waals surface area contributed by atoms with E-state index >= 15 is 0 Å². The minimum absolute atomic E-state index is 0.833. The summed E-state index contributed by atoms with van der Waals surface area (Å²) >= 11 is 0. The summed E-state index contributed by atoms with van der Waals surface area (Å²) in [5.41, 5.74) is 1.21. The largest absolute Gasteiger partial charge is 0.481 e. The Morgan fingerprint density at radius 2 is 1.92 bits per heavy atom. The van der Waals surface area contributed by atoms with E-state index in [0.29, 0.717) is 0 Å². The molecule has 3 heteroatoms. The molecule has 2 aromatic rings. The van der Waals surface area contributed by atoms with Crippen molar-refractivity contribution in [3.63, 3.8) is 0 Å². The van der Waals surface area contributed by atoms with E-state index in [9.17, 15) is 0 Å². The van der Waals surface area contributed by atoms with Crippen molar-refractivity contribution < 1.29 is 9.90 Å². The van der Waals surface area contributed by atoms with Gasteiger partial charge < -0.3 is 10.1 Å². The fourth-order valence-corrected chi connectivity index (χ4v) is 0.995. The van der Waals surface area contributed by atoms with Crippen LogP contribution in [0.3, 0.4) is 0 Å². The number of nitrogens with one attached hydrogen (secondary N) is 1. The molecule has 0 saturated carbocycles. The number of carbonyl (C=O) groups is 1. The lowest BCUT2D eigenvalue weighted by molar-refractivity contribution is -0.134. The molecule has 0 unspecified atom stereocenters. The number of carboxylic acid groups (broad SMARTS) is 1. The molecule has 0 aliphatic heterocycles. The number of para-hydroxylation sites is 1. The van der Waals surface area contributed by atoms with Gasteiger partial charge in [0.05, 0.1) is 0 Å². The average molecular weight is 177 g/mol. The number of fused-ring (bicyclic) bond motifs is 1. The number of rotatable bonds is 0. The summed E-state index contributed by atoms with van der Waals surface area (Å²) in [6, 6.07) is 10.3. The molecule has 0 aliphatic rings. The van der Waals surface area contributed by atoms with Gasteiger partial charge in [0, 0.05) is 18.6 Å². The van der Waals surface area contributed by atoms with E-state index in [1.165, 1.54) is 10.9 Å². The summed E-state index contributed by atoms with van der Waals surface area (Å²) in [7, 11) is 0. The number of benzene rings is 1. The van der Waals surface area contributed by atoms with E-state index in [1.54, 1.807) is 0 Å². The molecule has 1 aromatic heterocycles. The monoisotopic (exact) mass is 177 g/mol. The van der Waals surface area contributed by atoms with Crippen molar-refractivity contribution in [2.75, 3.05) is 0 Å². The normalized spacial score (nSPS) is 9.00. The number of aromatic nitrogens is 1. The van der Waals surface area contributed by atoms with Gasteiger partial charge in [0.15, 0.2) is 0 Å². The van der Waals surface area contributed by atoms with Crippen LogP contribution in [0.4, 0.5) is 0 Å². The highest BCUT2D eigenvalue weighted by atomic mass is 16.4. The van der Waals surface area contributed by atoms with Crippen molar-refractivity contribution in [1.29, 1.82) is 0 Å². The van der Waals surface area contributed by atoms with E-state index in [-0.39, 0.29) is 0 Å². The first-order valence-electron chi connectivity index (χ1n) is 3.92. The van der Waals surface area contributed by atoms with Gasteiger partial charge in [-0.1, -0.05) is 18.2 Å². The van der Waals surface area contributed by atoms with Gasteiger partial charge in [-0.25, -0.2) is 0 Å². The molecule has 2 N–H and O–H groups in total. The molecule has 13 heavy (non-hydrogen) atoms. The van der Waals surface area contributed by atoms with Crippen LogP contribution in [-0.4, -0.2) is 16.1 Å². The SMILES string of the molecule is CC(=O)O.c1ccc2[nH]ccc2c1. The first-order chi connectivity index (χ1) is 6.20. The topological polar surface area (TPSA) is 53.1 Å². The van der Waals surface area contributed by atoms with Crippen LogP contribution in [0.25, 0.3) is 10.9 Å². The van der Waals surface area contributed by atoms with Gasteiger partial charge >= 0.3 is 0 Å². The second kappa shape index (κ2) is 4.30. The number of hydrogen-bond donors (Lipinski definition) is 2. The fraction of sp³-hybridized carbons (Fsp3) is 0.100. The summed E-state index contributed by atoms with van der Waals surface area (Å²) in [4.78, 5) is 12.1. The molecular weight excluding hydrogens is 166 g/mol. The summed E-state index contributed by atoms with van der Waals surface area (Å²) in [5.74, 6) is -0.833. The minimum Gasteiger partial charge on any atom is -0.481 e. The number of aliphatic carboxylic acids is 1. The van der Waals surface area contributed by atoms with E-state index < -0.39 is 5.97 Å². The molecule has 2 rings (SSSR count). The summed E-state index contributed by atoms with van der Waals surface area (Å²) in [6.45, 7) is 1.08. The van der Waals surface area contributed by atoms with Crippen LogP contribution < -0.4 is 0 Å². The highest BCUT2D eigenvalue weighted by Gasteiger charge is 1.86. The Kier molecular flexibility index (Phi) is 3.09. The van der Waals surface area contributed by atoms with Crippen molar-refractivity contribution >= 4 is 16.9 Å². The zero-order chi connectivity index (χ0) is 9.68. The molecular formula is C10H11NO2. The number of H-pyrrole nitrogens is 1. The molecule has 0 radical (unpaired) electrons. The maximum atomic E-state index is 9.00. The Balaban J connectivity index is 0.000000184. The second-order valence-corrected chi connectivity index (χ2v) is 2.58. The Bertz CT molecular complexity index is 358. The first-order valence-corrected chi connectivity index (χ1v) is 3.92. The molecule has 0 atom stereocenters. The Morgan fingerprint density at radius 1 is 1.31 bits per heavy atom. The minimum atomic E-state index is -0.833. The van der Waals surface area contributed by atoms with Crippen LogP contribution in [0, 0.1) is 0 Å².